The third kappa shape index (κ3) is 2.95. The van der Waals surface area contributed by atoms with E-state index in [1.54, 1.807) is 12.4 Å². The van der Waals surface area contributed by atoms with Gasteiger partial charge in [-0.1, -0.05) is 0 Å². The first-order valence-electron chi connectivity index (χ1n) is 9.37. The number of nitrogens with zero attached hydrogens (tertiary/aromatic N) is 3. The summed E-state index contributed by atoms with van der Waals surface area (Å²) in [6, 6.07) is 12.1. The van der Waals surface area contributed by atoms with Gasteiger partial charge in [0.05, 0.1) is 29.6 Å². The number of aromatic amines is 1. The van der Waals surface area contributed by atoms with Gasteiger partial charge < -0.3 is 11.1 Å². The third-order valence-electron chi connectivity index (χ3n) is 5.51. The molecule has 1 amide bonds. The highest BCUT2D eigenvalue weighted by Gasteiger charge is 2.43. The Hall–Kier alpha value is -3.92. The van der Waals surface area contributed by atoms with Gasteiger partial charge in [-0.25, -0.2) is 4.98 Å². The molecule has 5 rings (SSSR count). The second kappa shape index (κ2) is 6.31. The molecule has 2 atom stereocenters. The maximum absolute atomic E-state index is 12.2. The van der Waals surface area contributed by atoms with E-state index in [1.165, 1.54) is 0 Å². The van der Waals surface area contributed by atoms with E-state index in [0.717, 1.165) is 38.4 Å². The van der Waals surface area contributed by atoms with Gasteiger partial charge in [0.25, 0.3) is 0 Å². The fourth-order valence-electron chi connectivity index (χ4n) is 3.77. The summed E-state index contributed by atoms with van der Waals surface area (Å²) in [5.41, 5.74) is 11.1. The molecule has 0 radical (unpaired) electrons. The lowest BCUT2D eigenvalue weighted by molar-refractivity contribution is -0.117. The zero-order valence-electron chi connectivity index (χ0n) is 15.7. The Morgan fingerprint density at radius 1 is 1.24 bits per heavy atom. The first-order valence-corrected chi connectivity index (χ1v) is 9.37. The van der Waals surface area contributed by atoms with Crippen molar-refractivity contribution >= 4 is 39.1 Å². The molecule has 0 aliphatic heterocycles. The Labute approximate surface area is 166 Å². The van der Waals surface area contributed by atoms with Crippen LogP contribution >= 0.6 is 0 Å². The Bertz CT molecular complexity index is 1330. The second-order valence-corrected chi connectivity index (χ2v) is 7.55. The summed E-state index contributed by atoms with van der Waals surface area (Å²) < 4.78 is 0. The number of nitrogens with two attached hydrogens (primary N) is 1. The number of hydrogen-bond acceptors (Lipinski definition) is 5. The maximum atomic E-state index is 12.2. The van der Waals surface area contributed by atoms with Crippen molar-refractivity contribution in [3.8, 4) is 17.2 Å². The molecule has 142 valence electrons. The molecule has 1 aliphatic carbocycles. The van der Waals surface area contributed by atoms with Crippen molar-refractivity contribution in [2.24, 2.45) is 11.8 Å². The van der Waals surface area contributed by atoms with Gasteiger partial charge in [-0.2, -0.15) is 10.4 Å². The highest BCUT2D eigenvalue weighted by Crippen LogP contribution is 2.39. The summed E-state index contributed by atoms with van der Waals surface area (Å²) in [5.74, 6) is -0.116. The number of pyridine rings is 1. The predicted octanol–water partition coefficient (Wildman–Crippen LogP) is 3.77. The number of rotatable bonds is 3. The van der Waals surface area contributed by atoms with Crippen molar-refractivity contribution in [2.75, 3.05) is 11.1 Å². The van der Waals surface area contributed by atoms with Crippen LogP contribution in [0, 0.1) is 30.1 Å². The number of carbonyl (C=O) groups excluding carboxylic acids is 1. The van der Waals surface area contributed by atoms with Gasteiger partial charge in [0.2, 0.25) is 5.91 Å². The lowest BCUT2D eigenvalue weighted by atomic mass is 9.96. The highest BCUT2D eigenvalue weighted by molar-refractivity contribution is 6.01. The van der Waals surface area contributed by atoms with Crippen LogP contribution in [0.5, 0.6) is 0 Å². The molecule has 2 aromatic carbocycles. The van der Waals surface area contributed by atoms with Gasteiger partial charge >= 0.3 is 0 Å². The van der Waals surface area contributed by atoms with Crippen LogP contribution in [0.3, 0.4) is 0 Å². The van der Waals surface area contributed by atoms with E-state index in [2.05, 4.69) is 45.6 Å². The number of anilines is 2. The van der Waals surface area contributed by atoms with Crippen molar-refractivity contribution in [2.45, 2.75) is 13.3 Å². The number of nitriles is 1. The topological polar surface area (TPSA) is 120 Å². The van der Waals surface area contributed by atoms with Crippen molar-refractivity contribution in [1.29, 1.82) is 5.26 Å². The van der Waals surface area contributed by atoms with Gasteiger partial charge in [-0.15, -0.1) is 0 Å². The van der Waals surface area contributed by atoms with Crippen molar-refractivity contribution in [3.05, 3.63) is 48.3 Å². The van der Waals surface area contributed by atoms with E-state index >= 15 is 0 Å². The molecule has 4 aromatic rings. The molecule has 0 spiro atoms. The number of carbonyl (C=O) groups is 1. The van der Waals surface area contributed by atoms with Gasteiger partial charge in [0, 0.05) is 22.7 Å². The average molecular weight is 382 g/mol. The molecule has 7 heteroatoms. The standard InChI is InChI=1S/C22H18N6O/c1-11-2-20-15(9-26-28-20)5-16(11)12-3-13-7-21(25-10-18(13)19(24)6-12)27-22(29)17-4-14(17)8-23/h2-3,5-7,9-10,14,17H,4,24H2,1H3,(H,26,28)(H,25,27,29). The third-order valence-corrected chi connectivity index (χ3v) is 5.51. The van der Waals surface area contributed by atoms with E-state index in [9.17, 15) is 4.79 Å². The lowest BCUT2D eigenvalue weighted by Gasteiger charge is -2.11. The molecule has 0 bridgehead atoms. The molecule has 1 saturated carbocycles. The predicted molar refractivity (Wildman–Crippen MR) is 112 cm³/mol. The number of amides is 1. The molecule has 29 heavy (non-hydrogen) atoms. The van der Waals surface area contributed by atoms with Gasteiger partial charge in [0.1, 0.15) is 5.82 Å². The van der Waals surface area contributed by atoms with Crippen LogP contribution < -0.4 is 11.1 Å². The minimum Gasteiger partial charge on any atom is -0.398 e. The van der Waals surface area contributed by atoms with Crippen LogP contribution in [0.2, 0.25) is 0 Å². The Kier molecular flexibility index (Phi) is 3.74. The van der Waals surface area contributed by atoms with Crippen molar-refractivity contribution in [3.63, 3.8) is 0 Å². The minimum atomic E-state index is -0.238. The summed E-state index contributed by atoms with van der Waals surface area (Å²) in [5, 5.41) is 21.6. The average Bonchev–Trinajstić information content (AvgIpc) is 3.37. The smallest absolute Gasteiger partial charge is 0.230 e. The number of hydrogen-bond donors (Lipinski definition) is 3. The SMILES string of the molecule is Cc1cc2[nH]ncc2cc1-c1cc(N)c2cnc(NC(=O)C3CC3C#N)cc2c1. The quantitative estimate of drug-likeness (QED) is 0.466. The van der Waals surface area contributed by atoms with Crippen LogP contribution in [-0.4, -0.2) is 21.1 Å². The van der Waals surface area contributed by atoms with E-state index in [4.69, 9.17) is 11.0 Å². The molecule has 1 aliphatic rings. The normalized spacial score (nSPS) is 17.9. The van der Waals surface area contributed by atoms with E-state index in [1.807, 2.05) is 18.2 Å². The largest absolute Gasteiger partial charge is 0.398 e. The molecule has 1 fully saturated rings. The highest BCUT2D eigenvalue weighted by atomic mass is 16.2. The van der Waals surface area contributed by atoms with Crippen LogP contribution in [-0.2, 0) is 4.79 Å². The van der Waals surface area contributed by atoms with Crippen LogP contribution in [0.25, 0.3) is 32.8 Å². The zero-order chi connectivity index (χ0) is 20.1. The molecule has 2 unspecified atom stereocenters. The number of fused-ring (bicyclic) bond motifs is 2. The summed E-state index contributed by atoms with van der Waals surface area (Å²) in [6.07, 6.45) is 4.08. The summed E-state index contributed by atoms with van der Waals surface area (Å²) in [4.78, 5) is 16.6. The van der Waals surface area contributed by atoms with E-state index in [0.29, 0.717) is 17.9 Å². The fraction of sp³-hybridized carbons (Fsp3) is 0.182. The van der Waals surface area contributed by atoms with Gasteiger partial charge in [-0.05, 0) is 65.8 Å². The Morgan fingerprint density at radius 3 is 2.90 bits per heavy atom. The molecule has 7 nitrogen and oxygen atoms in total. The first kappa shape index (κ1) is 17.2. The number of nitrogens with one attached hydrogen (secondary N) is 2. The molecule has 2 heterocycles. The number of H-pyrrole nitrogens is 1. The number of benzene rings is 2. The number of aromatic nitrogens is 3. The summed E-state index contributed by atoms with van der Waals surface area (Å²) in [6.45, 7) is 2.05. The van der Waals surface area contributed by atoms with Crippen molar-refractivity contribution in [1.82, 2.24) is 15.2 Å². The van der Waals surface area contributed by atoms with E-state index in [-0.39, 0.29) is 17.7 Å². The Morgan fingerprint density at radius 2 is 2.10 bits per heavy atom. The van der Waals surface area contributed by atoms with Gasteiger partial charge in [-0.3, -0.25) is 9.89 Å². The maximum Gasteiger partial charge on any atom is 0.230 e. The molecule has 2 aromatic heterocycles. The first-order chi connectivity index (χ1) is 14.0. The summed E-state index contributed by atoms with van der Waals surface area (Å²) in [7, 11) is 0. The lowest BCUT2D eigenvalue weighted by Crippen LogP contribution is -2.15. The number of nitrogen functional groups attached to an aromatic ring is 1. The van der Waals surface area contributed by atoms with E-state index < -0.39 is 0 Å². The Balaban J connectivity index is 1.54. The molecular formula is C22H18N6O. The van der Waals surface area contributed by atoms with Gasteiger partial charge in [0.15, 0.2) is 0 Å². The number of aryl methyl sites for hydroxylation is 1. The van der Waals surface area contributed by atoms with Crippen LogP contribution in [0.1, 0.15) is 12.0 Å². The molecule has 4 N–H and O–H groups in total. The monoisotopic (exact) mass is 382 g/mol. The molecule has 0 saturated heterocycles. The van der Waals surface area contributed by atoms with Crippen molar-refractivity contribution < 1.29 is 4.79 Å². The zero-order valence-corrected chi connectivity index (χ0v) is 15.7. The van der Waals surface area contributed by atoms with Crippen LogP contribution in [0.15, 0.2) is 42.7 Å². The summed E-state index contributed by atoms with van der Waals surface area (Å²) >= 11 is 0. The second-order valence-electron chi connectivity index (χ2n) is 7.55. The fourth-order valence-corrected chi connectivity index (χ4v) is 3.77. The molecular weight excluding hydrogens is 364 g/mol. The minimum absolute atomic E-state index is 0.159. The van der Waals surface area contributed by atoms with Crippen LogP contribution in [0.4, 0.5) is 11.5 Å².